The van der Waals surface area contributed by atoms with Crippen LogP contribution in [-0.2, 0) is 0 Å². The van der Waals surface area contributed by atoms with E-state index in [-0.39, 0.29) is 16.8 Å². The SMILES string of the molecule is CCN(C(=O)Nc1ccccc1)C(C)c1c[nH]c(=O)c2c(F)c(F)ccc12. The van der Waals surface area contributed by atoms with E-state index in [9.17, 15) is 18.4 Å². The van der Waals surface area contributed by atoms with E-state index in [4.69, 9.17) is 0 Å². The van der Waals surface area contributed by atoms with Crippen LogP contribution in [0.1, 0.15) is 25.5 Å². The van der Waals surface area contributed by atoms with Crippen molar-refractivity contribution >= 4 is 22.5 Å². The molecule has 0 aliphatic heterocycles. The van der Waals surface area contributed by atoms with Crippen molar-refractivity contribution in [2.24, 2.45) is 0 Å². The van der Waals surface area contributed by atoms with Crippen LogP contribution < -0.4 is 10.9 Å². The van der Waals surface area contributed by atoms with Gasteiger partial charge in [-0.15, -0.1) is 0 Å². The van der Waals surface area contributed by atoms with Gasteiger partial charge in [-0.2, -0.15) is 0 Å². The fraction of sp³-hybridized carbons (Fsp3) is 0.200. The van der Waals surface area contributed by atoms with Gasteiger partial charge >= 0.3 is 6.03 Å². The standard InChI is InChI=1S/C20H19F2N3O2/c1-3-25(20(27)24-13-7-5-4-6-8-13)12(2)15-11-23-19(26)17-14(15)9-10-16(21)18(17)22/h4-12H,3H2,1-2H3,(H,23,26)(H,24,27). The second-order valence-corrected chi connectivity index (χ2v) is 6.12. The summed E-state index contributed by atoms with van der Waals surface area (Å²) in [6.07, 6.45) is 1.44. The zero-order valence-electron chi connectivity index (χ0n) is 14.9. The van der Waals surface area contributed by atoms with Gasteiger partial charge in [0, 0.05) is 18.4 Å². The van der Waals surface area contributed by atoms with Crippen molar-refractivity contribution in [3.8, 4) is 0 Å². The van der Waals surface area contributed by atoms with Crippen LogP contribution in [0.2, 0.25) is 0 Å². The Kier molecular flexibility index (Phi) is 5.21. The Morgan fingerprint density at radius 1 is 1.19 bits per heavy atom. The van der Waals surface area contributed by atoms with Crippen molar-refractivity contribution in [2.45, 2.75) is 19.9 Å². The predicted octanol–water partition coefficient (Wildman–Crippen LogP) is 4.42. The lowest BCUT2D eigenvalue weighted by Crippen LogP contribution is -2.37. The Morgan fingerprint density at radius 3 is 2.56 bits per heavy atom. The molecule has 1 heterocycles. The van der Waals surface area contributed by atoms with Crippen LogP contribution in [-0.4, -0.2) is 22.5 Å². The van der Waals surface area contributed by atoms with Crippen molar-refractivity contribution in [3.05, 3.63) is 76.2 Å². The van der Waals surface area contributed by atoms with E-state index in [2.05, 4.69) is 10.3 Å². The molecule has 0 aliphatic carbocycles. The quantitative estimate of drug-likeness (QED) is 0.713. The minimum Gasteiger partial charge on any atom is -0.328 e. The number of hydrogen-bond acceptors (Lipinski definition) is 2. The number of nitrogens with one attached hydrogen (secondary N) is 2. The van der Waals surface area contributed by atoms with E-state index in [1.54, 1.807) is 24.0 Å². The summed E-state index contributed by atoms with van der Waals surface area (Å²) in [5.41, 5.74) is 0.455. The van der Waals surface area contributed by atoms with E-state index in [1.807, 2.05) is 25.1 Å². The zero-order valence-corrected chi connectivity index (χ0v) is 14.9. The lowest BCUT2D eigenvalue weighted by molar-refractivity contribution is 0.197. The molecule has 5 nitrogen and oxygen atoms in total. The molecule has 0 bridgehead atoms. The summed E-state index contributed by atoms with van der Waals surface area (Å²) in [4.78, 5) is 28.7. The number of H-pyrrole nitrogens is 1. The summed E-state index contributed by atoms with van der Waals surface area (Å²) >= 11 is 0. The minimum absolute atomic E-state index is 0.274. The first-order valence-electron chi connectivity index (χ1n) is 8.56. The number of carbonyl (C=O) groups is 1. The van der Waals surface area contributed by atoms with Gasteiger partial charge in [0.25, 0.3) is 5.56 Å². The van der Waals surface area contributed by atoms with E-state index in [1.165, 1.54) is 12.3 Å². The van der Waals surface area contributed by atoms with Crippen molar-refractivity contribution in [1.29, 1.82) is 0 Å². The second-order valence-electron chi connectivity index (χ2n) is 6.12. The molecule has 2 N–H and O–H groups in total. The van der Waals surface area contributed by atoms with E-state index in [0.717, 1.165) is 6.07 Å². The maximum absolute atomic E-state index is 14.1. The first-order chi connectivity index (χ1) is 12.9. The zero-order chi connectivity index (χ0) is 19.6. The number of fused-ring (bicyclic) bond motifs is 1. The number of rotatable bonds is 4. The highest BCUT2D eigenvalue weighted by Crippen LogP contribution is 2.28. The van der Waals surface area contributed by atoms with Gasteiger partial charge in [0.15, 0.2) is 11.6 Å². The van der Waals surface area contributed by atoms with Crippen LogP contribution in [0.15, 0.2) is 53.5 Å². The summed E-state index contributed by atoms with van der Waals surface area (Å²) in [5, 5.41) is 2.73. The molecule has 2 amide bonds. The molecule has 2 aromatic carbocycles. The molecule has 0 saturated heterocycles. The van der Waals surface area contributed by atoms with Crippen LogP contribution in [0.5, 0.6) is 0 Å². The molecule has 0 aliphatic rings. The summed E-state index contributed by atoms with van der Waals surface area (Å²) in [7, 11) is 0. The summed E-state index contributed by atoms with van der Waals surface area (Å²) in [5.74, 6) is -2.29. The summed E-state index contributed by atoms with van der Waals surface area (Å²) in [6.45, 7) is 3.96. The number of carbonyl (C=O) groups excluding carboxylic acids is 1. The molecule has 0 radical (unpaired) electrons. The van der Waals surface area contributed by atoms with E-state index in [0.29, 0.717) is 17.8 Å². The molecular weight excluding hydrogens is 352 g/mol. The largest absolute Gasteiger partial charge is 0.328 e. The van der Waals surface area contributed by atoms with Crippen molar-refractivity contribution < 1.29 is 13.6 Å². The lowest BCUT2D eigenvalue weighted by atomic mass is 10.0. The monoisotopic (exact) mass is 371 g/mol. The molecule has 27 heavy (non-hydrogen) atoms. The molecule has 0 fully saturated rings. The van der Waals surface area contributed by atoms with Gasteiger partial charge in [-0.05, 0) is 43.0 Å². The van der Waals surface area contributed by atoms with Crippen LogP contribution >= 0.6 is 0 Å². The van der Waals surface area contributed by atoms with Gasteiger partial charge < -0.3 is 15.2 Å². The average Bonchev–Trinajstić information content (AvgIpc) is 2.66. The average molecular weight is 371 g/mol. The molecule has 1 unspecified atom stereocenters. The maximum atomic E-state index is 14.1. The van der Waals surface area contributed by atoms with E-state index < -0.39 is 23.2 Å². The number of urea groups is 1. The van der Waals surface area contributed by atoms with Crippen LogP contribution in [0.25, 0.3) is 10.8 Å². The lowest BCUT2D eigenvalue weighted by Gasteiger charge is -2.29. The van der Waals surface area contributed by atoms with Crippen molar-refractivity contribution in [1.82, 2.24) is 9.88 Å². The molecule has 3 aromatic rings. The number of amides is 2. The highest BCUT2D eigenvalue weighted by Gasteiger charge is 2.24. The Hall–Kier alpha value is -3.22. The first-order valence-corrected chi connectivity index (χ1v) is 8.56. The third-order valence-electron chi connectivity index (χ3n) is 4.54. The highest BCUT2D eigenvalue weighted by atomic mass is 19.2. The predicted molar refractivity (Wildman–Crippen MR) is 101 cm³/mol. The van der Waals surface area contributed by atoms with E-state index >= 15 is 0 Å². The number of halogens is 2. The maximum Gasteiger partial charge on any atom is 0.322 e. The fourth-order valence-electron chi connectivity index (χ4n) is 3.13. The van der Waals surface area contributed by atoms with Crippen molar-refractivity contribution in [3.63, 3.8) is 0 Å². The third-order valence-corrected chi connectivity index (χ3v) is 4.54. The van der Waals surface area contributed by atoms with Gasteiger partial charge in [-0.3, -0.25) is 4.79 Å². The fourth-order valence-corrected chi connectivity index (χ4v) is 3.13. The number of anilines is 1. The Labute approximate surface area is 154 Å². The van der Waals surface area contributed by atoms with Gasteiger partial charge in [-0.25, -0.2) is 13.6 Å². The highest BCUT2D eigenvalue weighted by molar-refractivity contribution is 5.91. The number of aromatic amines is 1. The van der Waals surface area contributed by atoms with Gasteiger partial charge in [0.2, 0.25) is 0 Å². The molecule has 1 aromatic heterocycles. The van der Waals surface area contributed by atoms with Crippen molar-refractivity contribution in [2.75, 3.05) is 11.9 Å². The molecule has 1 atom stereocenters. The van der Waals surface area contributed by atoms with Gasteiger partial charge in [-0.1, -0.05) is 24.3 Å². The molecule has 0 saturated carbocycles. The number of benzene rings is 2. The smallest absolute Gasteiger partial charge is 0.322 e. The number of nitrogens with zero attached hydrogens (tertiary/aromatic N) is 1. The molecular formula is C20H19F2N3O2. The summed E-state index contributed by atoms with van der Waals surface area (Å²) < 4.78 is 27.7. The minimum atomic E-state index is -1.19. The summed E-state index contributed by atoms with van der Waals surface area (Å²) in [6, 6.07) is 10.5. The van der Waals surface area contributed by atoms with Crippen LogP contribution in [0, 0.1) is 11.6 Å². The van der Waals surface area contributed by atoms with Gasteiger partial charge in [0.05, 0.1) is 11.4 Å². The Morgan fingerprint density at radius 2 is 1.89 bits per heavy atom. The van der Waals surface area contributed by atoms with Gasteiger partial charge in [0.1, 0.15) is 0 Å². The number of hydrogen-bond donors (Lipinski definition) is 2. The Bertz CT molecular complexity index is 1030. The first kappa shape index (κ1) is 18.6. The topological polar surface area (TPSA) is 65.2 Å². The third kappa shape index (κ3) is 3.53. The Balaban J connectivity index is 1.99. The molecule has 3 rings (SSSR count). The number of pyridine rings is 1. The molecule has 7 heteroatoms. The van der Waals surface area contributed by atoms with Crippen LogP contribution in [0.3, 0.4) is 0 Å². The molecule has 140 valence electrons. The molecule has 0 spiro atoms. The number of para-hydroxylation sites is 1. The second kappa shape index (κ2) is 7.57. The normalized spacial score (nSPS) is 12.0. The number of aromatic nitrogens is 1. The van der Waals surface area contributed by atoms with Crippen LogP contribution in [0.4, 0.5) is 19.3 Å².